The van der Waals surface area contributed by atoms with E-state index in [9.17, 15) is 0 Å². The summed E-state index contributed by atoms with van der Waals surface area (Å²) in [5.74, 6) is 2.72. The molecule has 0 atom stereocenters. The third-order valence-corrected chi connectivity index (χ3v) is 6.27. The van der Waals surface area contributed by atoms with Gasteiger partial charge in [0.25, 0.3) is 0 Å². The zero-order chi connectivity index (χ0) is 24.7. The largest absolute Gasteiger partial charge is 0.493 e. The predicted octanol–water partition coefficient (Wildman–Crippen LogP) is 5.29. The van der Waals surface area contributed by atoms with Gasteiger partial charge < -0.3 is 29.7 Å². The van der Waals surface area contributed by atoms with Crippen LogP contribution in [0.2, 0.25) is 0 Å². The maximum atomic E-state index is 6.33. The van der Waals surface area contributed by atoms with Crippen molar-refractivity contribution in [1.82, 2.24) is 15.2 Å². The first-order valence-corrected chi connectivity index (χ1v) is 11.9. The van der Waals surface area contributed by atoms with Crippen LogP contribution in [0.25, 0.3) is 10.9 Å². The lowest BCUT2D eigenvalue weighted by Gasteiger charge is -2.20. The van der Waals surface area contributed by atoms with Crippen LogP contribution in [-0.4, -0.2) is 55.4 Å². The Bertz CT molecular complexity index is 1150. The molecule has 7 nitrogen and oxygen atoms in total. The molecule has 0 unspecified atom stereocenters. The highest BCUT2D eigenvalue weighted by molar-refractivity contribution is 7.80. The van der Waals surface area contributed by atoms with Gasteiger partial charge in [-0.3, -0.25) is 4.98 Å². The quantitative estimate of drug-likeness (QED) is 0.378. The highest BCUT2D eigenvalue weighted by Crippen LogP contribution is 2.38. The zero-order valence-electron chi connectivity index (χ0n) is 20.8. The second-order valence-electron chi connectivity index (χ2n) is 7.90. The van der Waals surface area contributed by atoms with Gasteiger partial charge in [-0.05, 0) is 74.5 Å². The van der Waals surface area contributed by atoms with Crippen LogP contribution in [0, 0.1) is 13.8 Å². The molecule has 182 valence electrons. The monoisotopic (exact) mass is 482 g/mol. The van der Waals surface area contributed by atoms with Crippen molar-refractivity contribution in [2.24, 2.45) is 0 Å². The summed E-state index contributed by atoms with van der Waals surface area (Å²) in [4.78, 5) is 6.80. The van der Waals surface area contributed by atoms with Crippen molar-refractivity contribution < 1.29 is 14.2 Å². The Kier molecular flexibility index (Phi) is 8.90. The van der Waals surface area contributed by atoms with Gasteiger partial charge in [0.05, 0.1) is 19.7 Å². The van der Waals surface area contributed by atoms with Crippen molar-refractivity contribution in [1.29, 1.82) is 0 Å². The van der Waals surface area contributed by atoms with Gasteiger partial charge in [-0.15, -0.1) is 0 Å². The highest BCUT2D eigenvalue weighted by atomic mass is 32.1. The van der Waals surface area contributed by atoms with E-state index >= 15 is 0 Å². The fourth-order valence-electron chi connectivity index (χ4n) is 3.73. The lowest BCUT2D eigenvalue weighted by atomic mass is 10.1. The SMILES string of the molecule is CCN(CC)CCNC(=S)Nc1ccc(Oc2ccnc3cc(OC)c(OC)cc23)c(C)c1C. The third kappa shape index (κ3) is 5.87. The van der Waals surface area contributed by atoms with E-state index in [1.165, 1.54) is 0 Å². The molecule has 34 heavy (non-hydrogen) atoms. The molecule has 1 aromatic heterocycles. The Morgan fingerprint density at radius 2 is 1.65 bits per heavy atom. The van der Waals surface area contributed by atoms with Gasteiger partial charge in [0.1, 0.15) is 11.5 Å². The van der Waals surface area contributed by atoms with Gasteiger partial charge in [0.15, 0.2) is 16.6 Å². The number of benzene rings is 2. The molecule has 3 rings (SSSR count). The van der Waals surface area contributed by atoms with E-state index < -0.39 is 0 Å². The lowest BCUT2D eigenvalue weighted by molar-refractivity contribution is 0.308. The summed E-state index contributed by atoms with van der Waals surface area (Å²) < 4.78 is 17.2. The molecule has 0 aliphatic heterocycles. The summed E-state index contributed by atoms with van der Waals surface area (Å²) in [6.45, 7) is 12.2. The van der Waals surface area contributed by atoms with Crippen LogP contribution >= 0.6 is 12.2 Å². The van der Waals surface area contributed by atoms with Gasteiger partial charge in [-0.1, -0.05) is 13.8 Å². The van der Waals surface area contributed by atoms with Crippen molar-refractivity contribution in [2.75, 3.05) is 45.7 Å². The average Bonchev–Trinajstić information content (AvgIpc) is 2.85. The lowest BCUT2D eigenvalue weighted by Crippen LogP contribution is -2.36. The number of pyridine rings is 1. The molecule has 0 saturated carbocycles. The van der Waals surface area contributed by atoms with E-state index in [1.807, 2.05) is 37.3 Å². The second-order valence-corrected chi connectivity index (χ2v) is 8.31. The molecule has 3 aromatic rings. The standard InChI is InChI=1S/C26H34N4O3S/c1-7-30(8-2)14-13-28-26(34)29-20-9-10-22(18(4)17(20)3)33-23-11-12-27-21-16-25(32-6)24(31-5)15-19(21)23/h9-12,15-16H,7-8,13-14H2,1-6H3,(H2,28,29,34). The van der Waals surface area contributed by atoms with Gasteiger partial charge >= 0.3 is 0 Å². The second kappa shape index (κ2) is 11.9. The van der Waals surface area contributed by atoms with Crippen LogP contribution in [0.15, 0.2) is 36.5 Å². The average molecular weight is 483 g/mol. The zero-order valence-corrected chi connectivity index (χ0v) is 21.6. The van der Waals surface area contributed by atoms with Crippen LogP contribution in [-0.2, 0) is 0 Å². The maximum absolute atomic E-state index is 6.33. The Balaban J connectivity index is 1.77. The number of hydrogen-bond acceptors (Lipinski definition) is 6. The Labute approximate surface area is 207 Å². The minimum Gasteiger partial charge on any atom is -0.493 e. The van der Waals surface area contributed by atoms with Crippen molar-refractivity contribution in [2.45, 2.75) is 27.7 Å². The van der Waals surface area contributed by atoms with Crippen molar-refractivity contribution >= 4 is 33.9 Å². The minimum absolute atomic E-state index is 0.615. The molecule has 1 heterocycles. The molecule has 2 N–H and O–H groups in total. The molecule has 0 bridgehead atoms. The predicted molar refractivity (Wildman–Crippen MR) is 143 cm³/mol. The van der Waals surface area contributed by atoms with Crippen molar-refractivity contribution in [3.63, 3.8) is 0 Å². The van der Waals surface area contributed by atoms with Gasteiger partial charge in [0, 0.05) is 36.4 Å². The minimum atomic E-state index is 0.615. The number of anilines is 1. The fraction of sp³-hybridized carbons (Fsp3) is 0.385. The van der Waals surface area contributed by atoms with Crippen LogP contribution in [0.4, 0.5) is 5.69 Å². The number of aromatic nitrogens is 1. The Hall–Kier alpha value is -3.10. The van der Waals surface area contributed by atoms with Crippen LogP contribution in [0.3, 0.4) is 0 Å². The number of thiocarbonyl (C=S) groups is 1. The fourth-order valence-corrected chi connectivity index (χ4v) is 3.94. The van der Waals surface area contributed by atoms with E-state index in [-0.39, 0.29) is 0 Å². The third-order valence-electron chi connectivity index (χ3n) is 6.02. The first-order valence-electron chi connectivity index (χ1n) is 11.5. The molecule has 0 aliphatic rings. The first-order chi connectivity index (χ1) is 16.4. The van der Waals surface area contributed by atoms with Crippen LogP contribution < -0.4 is 24.8 Å². The molecule has 8 heteroatoms. The highest BCUT2D eigenvalue weighted by Gasteiger charge is 2.14. The Morgan fingerprint density at radius 1 is 0.941 bits per heavy atom. The van der Waals surface area contributed by atoms with E-state index in [1.54, 1.807) is 20.4 Å². The van der Waals surface area contributed by atoms with E-state index in [4.69, 9.17) is 26.4 Å². The molecule has 0 aliphatic carbocycles. The number of ether oxygens (including phenoxy) is 3. The summed E-state index contributed by atoms with van der Waals surface area (Å²) in [7, 11) is 3.22. The molecular formula is C26H34N4O3S. The number of fused-ring (bicyclic) bond motifs is 1. The van der Waals surface area contributed by atoms with E-state index in [2.05, 4.69) is 41.3 Å². The number of hydrogen-bond donors (Lipinski definition) is 2. The van der Waals surface area contributed by atoms with Crippen molar-refractivity contribution in [3.8, 4) is 23.0 Å². The molecule has 0 saturated heterocycles. The van der Waals surface area contributed by atoms with Gasteiger partial charge in [0.2, 0.25) is 0 Å². The number of nitrogens with one attached hydrogen (secondary N) is 2. The van der Waals surface area contributed by atoms with Crippen LogP contribution in [0.1, 0.15) is 25.0 Å². The van der Waals surface area contributed by atoms with Gasteiger partial charge in [-0.25, -0.2) is 0 Å². The van der Waals surface area contributed by atoms with E-state index in [0.29, 0.717) is 22.4 Å². The maximum Gasteiger partial charge on any atom is 0.170 e. The summed E-state index contributed by atoms with van der Waals surface area (Å²) in [6.07, 6.45) is 1.73. The number of rotatable bonds is 10. The number of likely N-dealkylation sites (N-methyl/N-ethyl adjacent to an activating group) is 1. The molecular weight excluding hydrogens is 448 g/mol. The smallest absolute Gasteiger partial charge is 0.170 e. The summed E-state index contributed by atoms with van der Waals surface area (Å²) in [5, 5.41) is 8.07. The molecule has 0 amide bonds. The Morgan fingerprint density at radius 3 is 2.32 bits per heavy atom. The van der Waals surface area contributed by atoms with E-state index in [0.717, 1.165) is 59.6 Å². The van der Waals surface area contributed by atoms with Crippen molar-refractivity contribution in [3.05, 3.63) is 47.7 Å². The molecule has 0 radical (unpaired) electrons. The summed E-state index contributed by atoms with van der Waals surface area (Å²) >= 11 is 5.50. The topological polar surface area (TPSA) is 67.9 Å². The summed E-state index contributed by atoms with van der Waals surface area (Å²) in [6, 6.07) is 9.53. The molecule has 0 fully saturated rings. The normalized spacial score (nSPS) is 10.9. The van der Waals surface area contributed by atoms with Crippen LogP contribution in [0.5, 0.6) is 23.0 Å². The summed E-state index contributed by atoms with van der Waals surface area (Å²) in [5.41, 5.74) is 3.82. The number of nitrogens with zero attached hydrogens (tertiary/aromatic N) is 2. The molecule has 2 aromatic carbocycles. The van der Waals surface area contributed by atoms with Gasteiger partial charge in [-0.2, -0.15) is 0 Å². The molecule has 0 spiro atoms. The first kappa shape index (κ1) is 25.5. The number of methoxy groups -OCH3 is 2.